The van der Waals surface area contributed by atoms with Gasteiger partial charge in [-0.1, -0.05) is 12.8 Å². The molecular weight excluding hydrogens is 216 g/mol. The fourth-order valence-corrected chi connectivity index (χ4v) is 4.19. The third-order valence-electron chi connectivity index (χ3n) is 4.03. The molecule has 2 fully saturated rings. The molecule has 0 unspecified atom stereocenters. The highest BCUT2D eigenvalue weighted by Gasteiger charge is 2.31. The summed E-state index contributed by atoms with van der Waals surface area (Å²) in [6, 6.07) is 0. The summed E-state index contributed by atoms with van der Waals surface area (Å²) in [6.45, 7) is 8.41. The maximum atomic E-state index is 6.41. The molecule has 16 heavy (non-hydrogen) atoms. The summed E-state index contributed by atoms with van der Waals surface area (Å²) in [7, 11) is 0. The van der Waals surface area contributed by atoms with Crippen molar-refractivity contribution in [3.05, 3.63) is 0 Å². The van der Waals surface area contributed by atoms with Crippen molar-refractivity contribution in [2.75, 3.05) is 25.4 Å². The minimum Gasteiger partial charge on any atom is -0.325 e. The van der Waals surface area contributed by atoms with E-state index in [0.717, 1.165) is 0 Å². The summed E-state index contributed by atoms with van der Waals surface area (Å²) in [5, 5.41) is 0. The number of hydrogen-bond acceptors (Lipinski definition) is 3. The van der Waals surface area contributed by atoms with Crippen LogP contribution in [-0.4, -0.2) is 40.6 Å². The lowest BCUT2D eigenvalue weighted by Crippen LogP contribution is -2.46. The van der Waals surface area contributed by atoms with Crippen LogP contribution in [0.5, 0.6) is 0 Å². The van der Waals surface area contributed by atoms with Crippen LogP contribution in [0.1, 0.15) is 46.0 Å². The lowest BCUT2D eigenvalue weighted by molar-refractivity contribution is 0.229. The molecule has 3 heteroatoms. The number of nitrogens with two attached hydrogens (primary N) is 1. The van der Waals surface area contributed by atoms with E-state index in [0.29, 0.717) is 4.75 Å². The Kier molecular flexibility index (Phi) is 3.87. The summed E-state index contributed by atoms with van der Waals surface area (Å²) in [4.78, 5) is 2.61. The molecule has 0 radical (unpaired) electrons. The third kappa shape index (κ3) is 3.38. The lowest BCUT2D eigenvalue weighted by atomic mass is 9.94. The van der Waals surface area contributed by atoms with Crippen LogP contribution in [0, 0.1) is 0 Å². The van der Waals surface area contributed by atoms with Crippen LogP contribution in [0.25, 0.3) is 0 Å². The van der Waals surface area contributed by atoms with Crippen LogP contribution >= 0.6 is 11.8 Å². The van der Waals surface area contributed by atoms with Gasteiger partial charge in [-0.25, -0.2) is 0 Å². The average Bonchev–Trinajstić information content (AvgIpc) is 2.62. The summed E-state index contributed by atoms with van der Waals surface area (Å²) >= 11 is 2.11. The van der Waals surface area contributed by atoms with Crippen molar-refractivity contribution in [2.45, 2.75) is 56.2 Å². The Hall–Kier alpha value is 0.270. The van der Waals surface area contributed by atoms with Crippen LogP contribution in [-0.2, 0) is 0 Å². The smallest absolute Gasteiger partial charge is 0.0231 e. The van der Waals surface area contributed by atoms with Gasteiger partial charge in [-0.3, -0.25) is 0 Å². The summed E-state index contributed by atoms with van der Waals surface area (Å²) in [6.07, 6.45) is 6.39. The molecular formula is C13H26N2S. The van der Waals surface area contributed by atoms with Crippen molar-refractivity contribution < 1.29 is 0 Å². The highest BCUT2D eigenvalue weighted by atomic mass is 32.2. The fourth-order valence-electron chi connectivity index (χ4n) is 3.01. The number of rotatable bonds is 3. The zero-order valence-corrected chi connectivity index (χ0v) is 11.6. The van der Waals surface area contributed by atoms with Crippen molar-refractivity contribution >= 4 is 11.8 Å². The van der Waals surface area contributed by atoms with Gasteiger partial charge in [0.15, 0.2) is 0 Å². The van der Waals surface area contributed by atoms with Crippen molar-refractivity contribution in [1.29, 1.82) is 0 Å². The van der Waals surface area contributed by atoms with E-state index in [1.165, 1.54) is 57.5 Å². The molecule has 0 aromatic rings. The molecule has 1 aliphatic heterocycles. The Bertz CT molecular complexity index is 234. The lowest BCUT2D eigenvalue weighted by Gasteiger charge is -2.39. The van der Waals surface area contributed by atoms with Gasteiger partial charge in [0.25, 0.3) is 0 Å². The maximum absolute atomic E-state index is 6.41. The van der Waals surface area contributed by atoms with Crippen molar-refractivity contribution in [3.63, 3.8) is 0 Å². The second kappa shape index (κ2) is 4.87. The molecule has 0 amide bonds. The minimum absolute atomic E-state index is 0.175. The van der Waals surface area contributed by atoms with E-state index >= 15 is 0 Å². The zero-order chi connectivity index (χ0) is 11.6. The molecule has 1 saturated carbocycles. The molecule has 0 aromatic heterocycles. The largest absolute Gasteiger partial charge is 0.325 e. The van der Waals surface area contributed by atoms with E-state index in [2.05, 4.69) is 30.5 Å². The number of thioether (sulfide) groups is 1. The second-order valence-corrected chi connectivity index (χ2v) is 8.01. The van der Waals surface area contributed by atoms with Gasteiger partial charge in [-0.15, -0.1) is 0 Å². The highest BCUT2D eigenvalue weighted by Crippen LogP contribution is 2.32. The molecule has 0 aromatic carbocycles. The number of nitrogens with zero attached hydrogens (tertiary/aromatic N) is 1. The molecule has 2 nitrogen and oxygen atoms in total. The van der Waals surface area contributed by atoms with Crippen molar-refractivity contribution in [2.24, 2.45) is 5.73 Å². The first kappa shape index (κ1) is 12.7. The molecule has 2 N–H and O–H groups in total. The first-order valence-electron chi connectivity index (χ1n) is 6.64. The zero-order valence-electron chi connectivity index (χ0n) is 10.8. The summed E-state index contributed by atoms with van der Waals surface area (Å²) in [5.74, 6) is 1.28. The topological polar surface area (TPSA) is 29.3 Å². The molecule has 2 rings (SSSR count). The van der Waals surface area contributed by atoms with E-state index in [9.17, 15) is 0 Å². The molecule has 1 aliphatic carbocycles. The predicted octanol–water partition coefficient (Wildman–Crippen LogP) is 2.48. The Morgan fingerprint density at radius 1 is 1.25 bits per heavy atom. The van der Waals surface area contributed by atoms with Gasteiger partial charge in [0, 0.05) is 29.1 Å². The third-order valence-corrected chi connectivity index (χ3v) is 5.33. The van der Waals surface area contributed by atoms with Gasteiger partial charge in [0.2, 0.25) is 0 Å². The fraction of sp³-hybridized carbons (Fsp3) is 1.00. The summed E-state index contributed by atoms with van der Waals surface area (Å²) < 4.78 is 0.440. The van der Waals surface area contributed by atoms with Crippen molar-refractivity contribution in [3.8, 4) is 0 Å². The Labute approximate surface area is 104 Å². The van der Waals surface area contributed by atoms with Crippen LogP contribution < -0.4 is 5.73 Å². The summed E-state index contributed by atoms with van der Waals surface area (Å²) in [5.41, 5.74) is 6.59. The first-order chi connectivity index (χ1) is 7.49. The predicted molar refractivity (Wildman–Crippen MR) is 73.0 cm³/mol. The van der Waals surface area contributed by atoms with E-state index in [4.69, 9.17) is 5.73 Å². The quantitative estimate of drug-likeness (QED) is 0.824. The van der Waals surface area contributed by atoms with Gasteiger partial charge >= 0.3 is 0 Å². The van der Waals surface area contributed by atoms with E-state index in [1.54, 1.807) is 0 Å². The van der Waals surface area contributed by atoms with Gasteiger partial charge in [0.05, 0.1) is 0 Å². The molecule has 2 aliphatic rings. The molecule has 0 bridgehead atoms. The normalized spacial score (nSPS) is 29.4. The maximum Gasteiger partial charge on any atom is 0.0231 e. The van der Waals surface area contributed by atoms with Gasteiger partial charge < -0.3 is 10.6 Å². The molecule has 0 spiro atoms. The minimum atomic E-state index is 0.175. The Morgan fingerprint density at radius 2 is 1.94 bits per heavy atom. The van der Waals surface area contributed by atoms with E-state index in [1.807, 2.05) is 0 Å². The molecule has 1 saturated heterocycles. The molecule has 0 atom stereocenters. The second-order valence-electron chi connectivity index (χ2n) is 6.20. The monoisotopic (exact) mass is 242 g/mol. The Morgan fingerprint density at radius 3 is 2.56 bits per heavy atom. The van der Waals surface area contributed by atoms with Crippen LogP contribution in [0.15, 0.2) is 0 Å². The van der Waals surface area contributed by atoms with Crippen LogP contribution in [0.4, 0.5) is 0 Å². The van der Waals surface area contributed by atoms with Crippen LogP contribution in [0.2, 0.25) is 0 Å². The Balaban J connectivity index is 1.77. The average molecular weight is 242 g/mol. The number of hydrogen-bond donors (Lipinski definition) is 1. The van der Waals surface area contributed by atoms with Crippen molar-refractivity contribution in [1.82, 2.24) is 4.90 Å². The first-order valence-corrected chi connectivity index (χ1v) is 7.63. The van der Waals surface area contributed by atoms with Gasteiger partial charge in [-0.2, -0.15) is 11.8 Å². The van der Waals surface area contributed by atoms with E-state index < -0.39 is 0 Å². The standard InChI is InChI=1S/C13H26N2S/c1-12(2)11-15(9-10-16-12)8-7-13(14)5-3-4-6-13/h3-11,14H2,1-2H3. The molecule has 94 valence electrons. The highest BCUT2D eigenvalue weighted by molar-refractivity contribution is 8.00. The van der Waals surface area contributed by atoms with Gasteiger partial charge in [0.1, 0.15) is 0 Å². The van der Waals surface area contributed by atoms with Gasteiger partial charge in [-0.05, 0) is 39.7 Å². The van der Waals surface area contributed by atoms with E-state index in [-0.39, 0.29) is 5.54 Å². The van der Waals surface area contributed by atoms with Crippen LogP contribution in [0.3, 0.4) is 0 Å². The molecule has 1 heterocycles. The SMILES string of the molecule is CC1(C)CN(CCC2(N)CCCC2)CCS1.